The van der Waals surface area contributed by atoms with E-state index in [9.17, 15) is 4.39 Å². The first-order valence-corrected chi connectivity index (χ1v) is 6.62. The largest absolute Gasteiger partial charge is 0.324 e. The van der Waals surface area contributed by atoms with Gasteiger partial charge in [0.25, 0.3) is 0 Å². The van der Waals surface area contributed by atoms with E-state index in [1.807, 2.05) is 32.0 Å². The van der Waals surface area contributed by atoms with Gasteiger partial charge in [-0.3, -0.25) is 0 Å². The first kappa shape index (κ1) is 14.0. The van der Waals surface area contributed by atoms with E-state index < -0.39 is 0 Å². The standard InChI is InChI=1S/C16H17ClFN/c1-10-3-6-14(15(17)7-10)16(19)9-12-4-5-13(18)8-11(12)2/h3-8,16H,9,19H2,1-2H3. The molecule has 0 aliphatic carbocycles. The average Bonchev–Trinajstić information content (AvgIpc) is 2.32. The van der Waals surface area contributed by atoms with Crippen molar-refractivity contribution in [3.63, 3.8) is 0 Å². The Kier molecular flexibility index (Phi) is 4.23. The first-order valence-electron chi connectivity index (χ1n) is 6.24. The maximum Gasteiger partial charge on any atom is 0.123 e. The van der Waals surface area contributed by atoms with Crippen LogP contribution < -0.4 is 5.73 Å². The van der Waals surface area contributed by atoms with Crippen LogP contribution in [0.2, 0.25) is 5.02 Å². The van der Waals surface area contributed by atoms with E-state index in [-0.39, 0.29) is 11.9 Å². The zero-order valence-electron chi connectivity index (χ0n) is 11.1. The summed E-state index contributed by atoms with van der Waals surface area (Å²) >= 11 is 6.22. The van der Waals surface area contributed by atoms with Crippen molar-refractivity contribution in [2.75, 3.05) is 0 Å². The van der Waals surface area contributed by atoms with Gasteiger partial charge in [-0.2, -0.15) is 0 Å². The smallest absolute Gasteiger partial charge is 0.123 e. The minimum Gasteiger partial charge on any atom is -0.324 e. The fourth-order valence-corrected chi connectivity index (χ4v) is 2.54. The van der Waals surface area contributed by atoms with E-state index in [0.29, 0.717) is 11.4 Å². The van der Waals surface area contributed by atoms with Crippen molar-refractivity contribution < 1.29 is 4.39 Å². The maximum atomic E-state index is 13.1. The lowest BCUT2D eigenvalue weighted by Crippen LogP contribution is -2.14. The van der Waals surface area contributed by atoms with Crippen LogP contribution in [0.15, 0.2) is 36.4 Å². The van der Waals surface area contributed by atoms with Gasteiger partial charge in [0.2, 0.25) is 0 Å². The summed E-state index contributed by atoms with van der Waals surface area (Å²) in [6.07, 6.45) is 0.648. The lowest BCUT2D eigenvalue weighted by Gasteiger charge is -2.16. The number of nitrogens with two attached hydrogens (primary N) is 1. The predicted molar refractivity (Wildman–Crippen MR) is 78.0 cm³/mol. The van der Waals surface area contributed by atoms with Gasteiger partial charge in [-0.1, -0.05) is 29.8 Å². The Balaban J connectivity index is 2.23. The van der Waals surface area contributed by atoms with Gasteiger partial charge in [0.1, 0.15) is 5.82 Å². The second kappa shape index (κ2) is 5.72. The van der Waals surface area contributed by atoms with E-state index in [4.69, 9.17) is 17.3 Å². The monoisotopic (exact) mass is 277 g/mol. The molecule has 2 aromatic rings. The molecule has 0 aliphatic heterocycles. The minimum atomic E-state index is -0.219. The molecule has 0 saturated heterocycles. The maximum absolute atomic E-state index is 13.1. The Hall–Kier alpha value is -1.38. The molecule has 0 radical (unpaired) electrons. The van der Waals surface area contributed by atoms with E-state index in [1.54, 1.807) is 6.07 Å². The molecule has 3 heteroatoms. The first-order chi connectivity index (χ1) is 8.97. The number of halogens is 2. The summed E-state index contributed by atoms with van der Waals surface area (Å²) in [6, 6.07) is 10.5. The van der Waals surface area contributed by atoms with Crippen molar-refractivity contribution in [2.45, 2.75) is 26.3 Å². The van der Waals surface area contributed by atoms with Gasteiger partial charge in [-0.05, 0) is 60.7 Å². The SMILES string of the molecule is Cc1ccc(C(N)Cc2ccc(F)cc2C)c(Cl)c1. The van der Waals surface area contributed by atoms with Crippen molar-refractivity contribution in [3.8, 4) is 0 Å². The van der Waals surface area contributed by atoms with Crippen molar-refractivity contribution in [1.29, 1.82) is 0 Å². The number of aryl methyl sites for hydroxylation is 2. The summed E-state index contributed by atoms with van der Waals surface area (Å²) in [4.78, 5) is 0. The lowest BCUT2D eigenvalue weighted by molar-refractivity contribution is 0.624. The van der Waals surface area contributed by atoms with Crippen LogP contribution in [0.3, 0.4) is 0 Å². The van der Waals surface area contributed by atoms with Gasteiger partial charge < -0.3 is 5.73 Å². The normalized spacial score (nSPS) is 12.5. The molecule has 100 valence electrons. The van der Waals surface area contributed by atoms with E-state index in [2.05, 4.69) is 0 Å². The molecule has 2 aromatic carbocycles. The molecule has 0 bridgehead atoms. The predicted octanol–water partition coefficient (Wildman–Crippen LogP) is 4.34. The summed E-state index contributed by atoms with van der Waals surface area (Å²) in [5, 5.41) is 0.687. The number of benzene rings is 2. The van der Waals surface area contributed by atoms with E-state index in [0.717, 1.165) is 22.3 Å². The quantitative estimate of drug-likeness (QED) is 0.887. The molecule has 1 atom stereocenters. The molecule has 2 N–H and O–H groups in total. The van der Waals surface area contributed by atoms with Gasteiger partial charge in [0, 0.05) is 11.1 Å². The Labute approximate surface area is 118 Å². The Morgan fingerprint density at radius 3 is 2.53 bits per heavy atom. The van der Waals surface area contributed by atoms with Crippen LogP contribution >= 0.6 is 11.6 Å². The Morgan fingerprint density at radius 2 is 1.89 bits per heavy atom. The second-order valence-electron chi connectivity index (χ2n) is 4.91. The van der Waals surface area contributed by atoms with Crippen molar-refractivity contribution >= 4 is 11.6 Å². The zero-order chi connectivity index (χ0) is 14.0. The van der Waals surface area contributed by atoms with Crippen LogP contribution in [0.25, 0.3) is 0 Å². The van der Waals surface area contributed by atoms with Crippen LogP contribution in [-0.2, 0) is 6.42 Å². The molecule has 0 heterocycles. The summed E-state index contributed by atoms with van der Waals surface area (Å²) < 4.78 is 13.1. The Bertz CT molecular complexity index is 595. The highest BCUT2D eigenvalue weighted by Crippen LogP contribution is 2.26. The molecule has 19 heavy (non-hydrogen) atoms. The average molecular weight is 278 g/mol. The highest BCUT2D eigenvalue weighted by atomic mass is 35.5. The van der Waals surface area contributed by atoms with Crippen molar-refractivity contribution in [3.05, 3.63) is 69.5 Å². The third kappa shape index (κ3) is 3.34. The summed E-state index contributed by atoms with van der Waals surface area (Å²) in [5.41, 5.74) is 10.2. The molecule has 0 fully saturated rings. The molecule has 0 spiro atoms. The highest BCUT2D eigenvalue weighted by molar-refractivity contribution is 6.31. The molecule has 0 aliphatic rings. The van der Waals surface area contributed by atoms with Gasteiger partial charge >= 0.3 is 0 Å². The summed E-state index contributed by atoms with van der Waals surface area (Å²) in [6.45, 7) is 3.88. The van der Waals surface area contributed by atoms with Crippen LogP contribution in [0, 0.1) is 19.7 Å². The molecule has 0 saturated carbocycles. The highest BCUT2D eigenvalue weighted by Gasteiger charge is 2.12. The molecule has 1 unspecified atom stereocenters. The number of hydrogen-bond acceptors (Lipinski definition) is 1. The third-order valence-electron chi connectivity index (χ3n) is 3.30. The second-order valence-corrected chi connectivity index (χ2v) is 5.31. The molecular formula is C16H17ClFN. The van der Waals surface area contributed by atoms with Crippen LogP contribution in [-0.4, -0.2) is 0 Å². The van der Waals surface area contributed by atoms with Gasteiger partial charge in [0.15, 0.2) is 0 Å². The van der Waals surface area contributed by atoms with Gasteiger partial charge in [-0.15, -0.1) is 0 Å². The summed E-state index contributed by atoms with van der Waals surface area (Å²) in [5.74, 6) is -0.219. The van der Waals surface area contributed by atoms with Gasteiger partial charge in [-0.25, -0.2) is 4.39 Å². The third-order valence-corrected chi connectivity index (χ3v) is 3.63. The number of hydrogen-bond donors (Lipinski definition) is 1. The molecule has 1 nitrogen and oxygen atoms in total. The van der Waals surface area contributed by atoms with E-state index in [1.165, 1.54) is 12.1 Å². The molecule has 0 amide bonds. The van der Waals surface area contributed by atoms with Crippen LogP contribution in [0.5, 0.6) is 0 Å². The summed E-state index contributed by atoms with van der Waals surface area (Å²) in [7, 11) is 0. The molecular weight excluding hydrogens is 261 g/mol. The fraction of sp³-hybridized carbons (Fsp3) is 0.250. The Morgan fingerprint density at radius 1 is 1.16 bits per heavy atom. The zero-order valence-corrected chi connectivity index (χ0v) is 11.8. The fourth-order valence-electron chi connectivity index (χ4n) is 2.17. The van der Waals surface area contributed by atoms with E-state index >= 15 is 0 Å². The topological polar surface area (TPSA) is 26.0 Å². The van der Waals surface area contributed by atoms with Crippen LogP contribution in [0.4, 0.5) is 4.39 Å². The lowest BCUT2D eigenvalue weighted by atomic mass is 9.96. The number of rotatable bonds is 3. The molecule has 2 rings (SSSR count). The van der Waals surface area contributed by atoms with Crippen molar-refractivity contribution in [2.24, 2.45) is 5.73 Å². The van der Waals surface area contributed by atoms with Gasteiger partial charge in [0.05, 0.1) is 0 Å². The van der Waals surface area contributed by atoms with Crippen molar-refractivity contribution in [1.82, 2.24) is 0 Å². The minimum absolute atomic E-state index is 0.183. The molecule has 0 aromatic heterocycles. The van der Waals surface area contributed by atoms with Crippen LogP contribution in [0.1, 0.15) is 28.3 Å².